The van der Waals surface area contributed by atoms with E-state index in [-0.39, 0.29) is 0 Å². The molecule has 0 atom stereocenters. The van der Waals surface area contributed by atoms with E-state index in [9.17, 15) is 0 Å². The highest BCUT2D eigenvalue weighted by Gasteiger charge is 2.15. The fourth-order valence-corrected chi connectivity index (χ4v) is 3.65. The summed E-state index contributed by atoms with van der Waals surface area (Å²) in [5.74, 6) is 0. The summed E-state index contributed by atoms with van der Waals surface area (Å²) in [5.41, 5.74) is 3.23. The number of thiazole rings is 1. The maximum absolute atomic E-state index is 4.67. The molecule has 2 heterocycles. The number of aryl methyl sites for hydroxylation is 1. The van der Waals surface area contributed by atoms with Gasteiger partial charge in [-0.2, -0.15) is 4.37 Å². The molecule has 86 valence electrons. The van der Waals surface area contributed by atoms with E-state index in [2.05, 4.69) is 20.7 Å². The average Bonchev–Trinajstić information content (AvgIpc) is 2.91. The minimum atomic E-state index is 1.04. The van der Waals surface area contributed by atoms with Crippen molar-refractivity contribution in [3.8, 4) is 10.6 Å². The molecule has 0 aliphatic rings. The molecule has 2 aromatic heterocycles. The Morgan fingerprint density at radius 3 is 2.82 bits per heavy atom. The van der Waals surface area contributed by atoms with Gasteiger partial charge in [0.15, 0.2) is 0 Å². The lowest BCUT2D eigenvalue weighted by Gasteiger charge is -1.98. The second-order valence-electron chi connectivity index (χ2n) is 3.71. The van der Waals surface area contributed by atoms with E-state index in [4.69, 9.17) is 0 Å². The van der Waals surface area contributed by atoms with Crippen molar-refractivity contribution in [2.45, 2.75) is 6.92 Å². The lowest BCUT2D eigenvalue weighted by molar-refractivity contribution is 1.33. The van der Waals surface area contributed by atoms with Crippen LogP contribution in [-0.4, -0.2) is 16.4 Å². The van der Waals surface area contributed by atoms with Gasteiger partial charge in [-0.25, -0.2) is 4.98 Å². The van der Waals surface area contributed by atoms with Crippen LogP contribution in [0.2, 0.25) is 0 Å². The van der Waals surface area contributed by atoms with E-state index in [0.29, 0.717) is 0 Å². The molecule has 0 saturated carbocycles. The van der Waals surface area contributed by atoms with Gasteiger partial charge >= 0.3 is 0 Å². The van der Waals surface area contributed by atoms with Crippen LogP contribution >= 0.6 is 22.9 Å². The van der Waals surface area contributed by atoms with Crippen LogP contribution in [0.1, 0.15) is 5.69 Å². The smallest absolute Gasteiger partial charge is 0.129 e. The maximum Gasteiger partial charge on any atom is 0.129 e. The Labute approximate surface area is 107 Å². The first-order valence-corrected chi connectivity index (χ1v) is 6.88. The molecule has 0 unspecified atom stereocenters. The van der Waals surface area contributed by atoms with Crippen LogP contribution in [0.3, 0.4) is 0 Å². The van der Waals surface area contributed by atoms with Crippen molar-refractivity contribution in [1.29, 1.82) is 0 Å². The van der Waals surface area contributed by atoms with E-state index < -0.39 is 0 Å². The van der Waals surface area contributed by atoms with Crippen molar-refractivity contribution >= 4 is 38.1 Å². The number of aromatic nitrogens is 2. The molecule has 0 saturated heterocycles. The monoisotopic (exact) mass is 261 g/mol. The second kappa shape index (κ2) is 4.09. The van der Waals surface area contributed by atoms with Gasteiger partial charge in [-0.3, -0.25) is 0 Å². The van der Waals surface area contributed by atoms with E-state index >= 15 is 0 Å². The largest absolute Gasteiger partial charge is 0.378 e. The van der Waals surface area contributed by atoms with Gasteiger partial charge in [0, 0.05) is 7.05 Å². The van der Waals surface area contributed by atoms with Gasteiger partial charge in [0.2, 0.25) is 0 Å². The number of hydrogen-bond donors (Lipinski definition) is 1. The third kappa shape index (κ3) is 1.71. The SMILES string of the molecule is CNc1snc(C)c1-c1nc2ccccc2s1. The van der Waals surface area contributed by atoms with Crippen molar-refractivity contribution in [2.75, 3.05) is 12.4 Å². The van der Waals surface area contributed by atoms with Gasteiger partial charge in [0.1, 0.15) is 10.0 Å². The summed E-state index contributed by atoms with van der Waals surface area (Å²) in [6, 6.07) is 8.21. The van der Waals surface area contributed by atoms with Crippen molar-refractivity contribution in [3.05, 3.63) is 30.0 Å². The van der Waals surface area contributed by atoms with Gasteiger partial charge in [-0.15, -0.1) is 11.3 Å². The van der Waals surface area contributed by atoms with Crippen molar-refractivity contribution < 1.29 is 0 Å². The number of rotatable bonds is 2. The highest BCUT2D eigenvalue weighted by atomic mass is 32.1. The number of nitrogens with zero attached hydrogens (tertiary/aromatic N) is 2. The molecule has 3 nitrogen and oxygen atoms in total. The summed E-state index contributed by atoms with van der Waals surface area (Å²) in [4.78, 5) is 4.67. The summed E-state index contributed by atoms with van der Waals surface area (Å²) >= 11 is 3.20. The number of benzene rings is 1. The van der Waals surface area contributed by atoms with Crippen LogP contribution in [0.15, 0.2) is 24.3 Å². The lowest BCUT2D eigenvalue weighted by atomic mass is 10.2. The minimum absolute atomic E-state index is 1.04. The third-order valence-corrected chi connectivity index (χ3v) is 4.61. The van der Waals surface area contributed by atoms with E-state index in [0.717, 1.165) is 26.8 Å². The molecule has 0 aliphatic carbocycles. The zero-order valence-corrected chi connectivity index (χ0v) is 11.2. The normalized spacial score (nSPS) is 10.9. The summed E-state index contributed by atoms with van der Waals surface area (Å²) < 4.78 is 5.60. The molecule has 0 bridgehead atoms. The Morgan fingerprint density at radius 1 is 1.24 bits per heavy atom. The predicted molar refractivity (Wildman–Crippen MR) is 75.0 cm³/mol. The number of fused-ring (bicyclic) bond motifs is 1. The zero-order valence-electron chi connectivity index (χ0n) is 9.52. The van der Waals surface area contributed by atoms with Gasteiger partial charge in [0.25, 0.3) is 0 Å². The zero-order chi connectivity index (χ0) is 11.8. The van der Waals surface area contributed by atoms with Gasteiger partial charge in [-0.05, 0) is 30.6 Å². The Kier molecular flexibility index (Phi) is 2.57. The molecule has 0 spiro atoms. The van der Waals surface area contributed by atoms with Crippen LogP contribution < -0.4 is 5.32 Å². The molecule has 3 rings (SSSR count). The topological polar surface area (TPSA) is 37.8 Å². The third-order valence-electron chi connectivity index (χ3n) is 2.60. The number of hydrogen-bond acceptors (Lipinski definition) is 5. The Morgan fingerprint density at radius 2 is 2.06 bits per heavy atom. The number of para-hydroxylation sites is 1. The van der Waals surface area contributed by atoms with E-state index in [1.807, 2.05) is 32.2 Å². The number of nitrogens with one attached hydrogen (secondary N) is 1. The van der Waals surface area contributed by atoms with Crippen LogP contribution in [0.5, 0.6) is 0 Å². The molecule has 0 radical (unpaired) electrons. The molecular formula is C12H11N3S2. The van der Waals surface area contributed by atoms with Crippen LogP contribution in [-0.2, 0) is 0 Å². The minimum Gasteiger partial charge on any atom is -0.378 e. The van der Waals surface area contributed by atoms with Crippen LogP contribution in [0, 0.1) is 6.92 Å². The fraction of sp³-hybridized carbons (Fsp3) is 0.167. The first kappa shape index (κ1) is 10.7. The lowest BCUT2D eigenvalue weighted by Crippen LogP contribution is -1.87. The summed E-state index contributed by atoms with van der Waals surface area (Å²) in [5, 5.41) is 5.31. The van der Waals surface area contributed by atoms with Crippen LogP contribution in [0.4, 0.5) is 5.00 Å². The molecule has 3 aromatic rings. The van der Waals surface area contributed by atoms with Crippen molar-refractivity contribution in [3.63, 3.8) is 0 Å². The highest BCUT2D eigenvalue weighted by molar-refractivity contribution is 7.22. The molecule has 0 amide bonds. The Bertz CT molecular complexity index is 636. The standard InChI is InChI=1S/C12H11N3S2/c1-7-10(11(13-2)17-15-7)12-14-8-5-3-4-6-9(8)16-12/h3-6,13H,1-2H3. The Balaban J connectivity index is 2.23. The highest BCUT2D eigenvalue weighted by Crippen LogP contribution is 2.38. The summed E-state index contributed by atoms with van der Waals surface area (Å²) in [6.07, 6.45) is 0. The van der Waals surface area contributed by atoms with Gasteiger partial charge < -0.3 is 5.32 Å². The first-order chi connectivity index (χ1) is 8.29. The van der Waals surface area contributed by atoms with Crippen LogP contribution in [0.25, 0.3) is 20.8 Å². The first-order valence-electron chi connectivity index (χ1n) is 5.29. The summed E-state index contributed by atoms with van der Waals surface area (Å²) in [7, 11) is 1.92. The summed E-state index contributed by atoms with van der Waals surface area (Å²) in [6.45, 7) is 2.03. The molecule has 0 aliphatic heterocycles. The number of anilines is 1. The molecule has 1 aromatic carbocycles. The van der Waals surface area contributed by atoms with Gasteiger partial charge in [0.05, 0.1) is 21.5 Å². The van der Waals surface area contributed by atoms with Gasteiger partial charge in [-0.1, -0.05) is 12.1 Å². The molecule has 17 heavy (non-hydrogen) atoms. The van der Waals surface area contributed by atoms with E-state index in [1.54, 1.807) is 11.3 Å². The fourth-order valence-electron chi connectivity index (χ4n) is 1.77. The molecule has 1 N–H and O–H groups in total. The van der Waals surface area contributed by atoms with E-state index in [1.165, 1.54) is 16.2 Å². The Hall–Kier alpha value is -1.46. The second-order valence-corrected chi connectivity index (χ2v) is 5.51. The predicted octanol–water partition coefficient (Wildman–Crippen LogP) is 3.77. The quantitative estimate of drug-likeness (QED) is 0.763. The molecular weight excluding hydrogens is 250 g/mol. The average molecular weight is 261 g/mol. The van der Waals surface area contributed by atoms with Crippen molar-refractivity contribution in [2.24, 2.45) is 0 Å². The maximum atomic E-state index is 4.67. The van der Waals surface area contributed by atoms with Crippen molar-refractivity contribution in [1.82, 2.24) is 9.36 Å². The molecule has 0 fully saturated rings. The molecule has 5 heteroatoms.